The molecule has 0 spiro atoms. The molecule has 0 aromatic heterocycles. The van der Waals surface area contributed by atoms with Gasteiger partial charge in [0.2, 0.25) is 5.91 Å². The molecule has 478 valence electrons. The molecule has 83 heavy (non-hydrogen) atoms. The van der Waals surface area contributed by atoms with Gasteiger partial charge in [-0.15, -0.1) is 0 Å². The van der Waals surface area contributed by atoms with Crippen molar-refractivity contribution in [3.63, 3.8) is 0 Å². The van der Waals surface area contributed by atoms with Crippen LogP contribution in [0, 0.1) is 0 Å². The highest BCUT2D eigenvalue weighted by Gasteiger charge is 2.44. The van der Waals surface area contributed by atoms with Crippen LogP contribution in [0.15, 0.2) is 109 Å². The zero-order valence-electron chi connectivity index (χ0n) is 53.4. The standard InChI is InChI=1S/C74H129NO8/c1-3-5-7-9-11-13-15-17-19-21-23-25-27-28-29-30-31-32-33-34-35-36-37-38-39-40-42-44-46-48-50-52-54-56-58-60-62-64-70(78)75-67(66-82-74-73(81)72(80)71(79)69(65-76)83-74)68(77)63-61-59-57-55-53-51-49-47-45-43-41-26-24-22-20-18-16-14-12-10-8-6-4-2/h5,7,11,13,17,19,23,25,28-29,31-32,45,47,53,55,61,63,67-69,71-74,76-77,79-81H,3-4,6,8-10,12,14-16,18,20-22,24,26-27,30,33-44,46,48-52,54,56-60,62,64-66H2,1-2H3,(H,75,78)/b7-5-,13-11-,19-17-,25-23-,29-28-,32-31-,47-45+,55-53+,63-61+. The normalized spacial score (nSPS) is 19.0. The Morgan fingerprint density at radius 2 is 0.759 bits per heavy atom. The maximum Gasteiger partial charge on any atom is 0.220 e. The summed E-state index contributed by atoms with van der Waals surface area (Å²) in [4.78, 5) is 13.1. The fraction of sp³-hybridized carbons (Fsp3) is 0.743. The summed E-state index contributed by atoms with van der Waals surface area (Å²) < 4.78 is 11.3. The molecule has 1 saturated heterocycles. The molecule has 1 rings (SSSR count). The Kier molecular flexibility index (Phi) is 58.1. The SMILES string of the molecule is CC/C=C\C/C=C\C/C=C\C/C=C\C/C=C\C/C=C\CCCCCCCCCCCCCCCCCCCCC(=O)NC(COC1OC(CO)C(O)C(O)C1O)C(O)/C=C/CC/C=C/CC/C=C/CCCCCCCCCCCCCCC. The molecule has 0 saturated carbocycles. The van der Waals surface area contributed by atoms with Crippen LogP contribution in [-0.4, -0.2) is 87.5 Å². The second kappa shape index (κ2) is 61.9. The Hall–Kier alpha value is -3.15. The summed E-state index contributed by atoms with van der Waals surface area (Å²) in [6, 6.07) is -0.834. The fourth-order valence-corrected chi connectivity index (χ4v) is 10.4. The van der Waals surface area contributed by atoms with Crippen LogP contribution in [0.3, 0.4) is 0 Å². The van der Waals surface area contributed by atoms with E-state index in [9.17, 15) is 30.3 Å². The second-order valence-corrected chi connectivity index (χ2v) is 23.6. The van der Waals surface area contributed by atoms with Gasteiger partial charge in [0.05, 0.1) is 25.4 Å². The first-order valence-corrected chi connectivity index (χ1v) is 34.6. The molecule has 9 nitrogen and oxygen atoms in total. The highest BCUT2D eigenvalue weighted by molar-refractivity contribution is 5.76. The number of rotatable bonds is 59. The summed E-state index contributed by atoms with van der Waals surface area (Å²) >= 11 is 0. The topological polar surface area (TPSA) is 149 Å². The molecule has 0 bridgehead atoms. The van der Waals surface area contributed by atoms with Gasteiger partial charge in [0.15, 0.2) is 6.29 Å². The molecule has 7 atom stereocenters. The van der Waals surface area contributed by atoms with Crippen molar-refractivity contribution < 1.29 is 39.8 Å². The van der Waals surface area contributed by atoms with E-state index in [1.165, 1.54) is 193 Å². The second-order valence-electron chi connectivity index (χ2n) is 23.6. The van der Waals surface area contributed by atoms with Crippen molar-refractivity contribution in [2.45, 2.75) is 339 Å². The lowest BCUT2D eigenvalue weighted by Crippen LogP contribution is -2.60. The van der Waals surface area contributed by atoms with Crippen molar-refractivity contribution in [3.8, 4) is 0 Å². The fourth-order valence-electron chi connectivity index (χ4n) is 10.4. The van der Waals surface area contributed by atoms with Crippen LogP contribution in [0.25, 0.3) is 0 Å². The van der Waals surface area contributed by atoms with Gasteiger partial charge in [0.1, 0.15) is 24.4 Å². The van der Waals surface area contributed by atoms with Crippen LogP contribution < -0.4 is 5.32 Å². The lowest BCUT2D eigenvalue weighted by Gasteiger charge is -2.40. The van der Waals surface area contributed by atoms with Crippen molar-refractivity contribution in [3.05, 3.63) is 109 Å². The van der Waals surface area contributed by atoms with E-state index in [-0.39, 0.29) is 12.5 Å². The molecule has 0 aromatic rings. The third-order valence-electron chi connectivity index (χ3n) is 15.8. The maximum absolute atomic E-state index is 13.1. The quantitative estimate of drug-likeness (QED) is 0.0261. The van der Waals surface area contributed by atoms with Crippen molar-refractivity contribution >= 4 is 5.91 Å². The molecule has 7 unspecified atom stereocenters. The summed E-state index contributed by atoms with van der Waals surface area (Å²) in [5.74, 6) is -0.190. The van der Waals surface area contributed by atoms with Gasteiger partial charge >= 0.3 is 0 Å². The van der Waals surface area contributed by atoms with E-state index < -0.39 is 49.5 Å². The maximum atomic E-state index is 13.1. The van der Waals surface area contributed by atoms with Crippen molar-refractivity contribution in [1.82, 2.24) is 5.32 Å². The molecule has 9 heteroatoms. The Bertz CT molecular complexity index is 1680. The number of hydrogen-bond acceptors (Lipinski definition) is 8. The first-order chi connectivity index (χ1) is 40.8. The van der Waals surface area contributed by atoms with E-state index in [4.69, 9.17) is 9.47 Å². The zero-order valence-corrected chi connectivity index (χ0v) is 53.4. The molecule has 1 aliphatic heterocycles. The summed E-state index contributed by atoms with van der Waals surface area (Å²) in [5, 5.41) is 54.7. The van der Waals surface area contributed by atoms with Crippen LogP contribution >= 0.6 is 0 Å². The van der Waals surface area contributed by atoms with Gasteiger partial charge in [-0.3, -0.25) is 4.79 Å². The Morgan fingerprint density at radius 1 is 0.422 bits per heavy atom. The number of hydrogen-bond donors (Lipinski definition) is 6. The molecule has 1 amide bonds. The van der Waals surface area contributed by atoms with Crippen molar-refractivity contribution in [2.75, 3.05) is 13.2 Å². The molecular weight excluding hydrogens is 1030 g/mol. The Balaban J connectivity index is 2.14. The van der Waals surface area contributed by atoms with Crippen LogP contribution in [0.1, 0.15) is 296 Å². The Labute approximate surface area is 510 Å². The first-order valence-electron chi connectivity index (χ1n) is 34.6. The summed E-state index contributed by atoms with van der Waals surface area (Å²) in [5.41, 5.74) is 0. The first kappa shape index (κ1) is 77.9. The van der Waals surface area contributed by atoms with E-state index in [1.54, 1.807) is 6.08 Å². The molecule has 0 aromatic carbocycles. The molecule has 6 N–H and O–H groups in total. The molecular formula is C74H129NO8. The van der Waals surface area contributed by atoms with E-state index >= 15 is 0 Å². The molecule has 0 aliphatic carbocycles. The van der Waals surface area contributed by atoms with Gasteiger partial charge in [-0.05, 0) is 96.3 Å². The summed E-state index contributed by atoms with van der Waals surface area (Å²) in [6.45, 7) is 3.67. The lowest BCUT2D eigenvalue weighted by molar-refractivity contribution is -0.302. The van der Waals surface area contributed by atoms with Crippen LogP contribution in [0.5, 0.6) is 0 Å². The average molecular weight is 1160 g/mol. The minimum absolute atomic E-state index is 0.190. The molecule has 1 fully saturated rings. The number of nitrogens with one attached hydrogen (secondary N) is 1. The van der Waals surface area contributed by atoms with Crippen LogP contribution in [0.2, 0.25) is 0 Å². The van der Waals surface area contributed by atoms with Gasteiger partial charge < -0.3 is 40.3 Å². The van der Waals surface area contributed by atoms with E-state index in [2.05, 4.69) is 116 Å². The van der Waals surface area contributed by atoms with E-state index in [1.807, 2.05) is 6.08 Å². The number of allylic oxidation sites excluding steroid dienone is 17. The predicted molar refractivity (Wildman–Crippen MR) is 354 cm³/mol. The smallest absolute Gasteiger partial charge is 0.220 e. The molecule has 0 radical (unpaired) electrons. The highest BCUT2D eigenvalue weighted by Crippen LogP contribution is 2.23. The number of unbranched alkanes of at least 4 members (excludes halogenated alkanes) is 33. The number of carbonyl (C=O) groups excluding carboxylic acids is 1. The van der Waals surface area contributed by atoms with Gasteiger partial charge in [-0.1, -0.05) is 303 Å². The predicted octanol–water partition coefficient (Wildman–Crippen LogP) is 18.9. The van der Waals surface area contributed by atoms with Gasteiger partial charge in [-0.2, -0.15) is 0 Å². The highest BCUT2D eigenvalue weighted by atomic mass is 16.7. The zero-order chi connectivity index (χ0) is 60.0. The Morgan fingerprint density at radius 3 is 1.16 bits per heavy atom. The minimum atomic E-state index is -1.58. The third kappa shape index (κ3) is 50.7. The van der Waals surface area contributed by atoms with Gasteiger partial charge in [-0.25, -0.2) is 0 Å². The summed E-state index contributed by atoms with van der Waals surface area (Å²) in [7, 11) is 0. The van der Waals surface area contributed by atoms with Crippen molar-refractivity contribution in [1.29, 1.82) is 0 Å². The summed E-state index contributed by atoms with van der Waals surface area (Å²) in [6.07, 6.45) is 84.8. The van der Waals surface area contributed by atoms with Crippen LogP contribution in [0.4, 0.5) is 0 Å². The van der Waals surface area contributed by atoms with Crippen LogP contribution in [-0.2, 0) is 14.3 Å². The number of ether oxygens (including phenoxy) is 2. The van der Waals surface area contributed by atoms with Crippen molar-refractivity contribution in [2.24, 2.45) is 0 Å². The lowest BCUT2D eigenvalue weighted by atomic mass is 9.99. The number of carbonyl (C=O) groups is 1. The molecule has 1 heterocycles. The van der Waals surface area contributed by atoms with E-state index in [0.717, 1.165) is 83.5 Å². The number of aliphatic hydroxyl groups is 5. The van der Waals surface area contributed by atoms with E-state index in [0.29, 0.717) is 6.42 Å². The minimum Gasteiger partial charge on any atom is -0.394 e. The van der Waals surface area contributed by atoms with Gasteiger partial charge in [0.25, 0.3) is 0 Å². The number of aliphatic hydroxyl groups excluding tert-OH is 5. The molecule has 1 aliphatic rings. The van der Waals surface area contributed by atoms with Gasteiger partial charge in [0, 0.05) is 6.42 Å². The third-order valence-corrected chi connectivity index (χ3v) is 15.8. The number of amides is 1. The largest absolute Gasteiger partial charge is 0.394 e. The monoisotopic (exact) mass is 1160 g/mol. The average Bonchev–Trinajstić information content (AvgIpc) is 3.60.